The topological polar surface area (TPSA) is 61.0 Å². The number of rotatable bonds is 2. The fourth-order valence-electron chi connectivity index (χ4n) is 2.50. The van der Waals surface area contributed by atoms with Gasteiger partial charge in [-0.3, -0.25) is 0 Å². The number of ether oxygens (including phenoxy) is 1. The van der Waals surface area contributed by atoms with Crippen LogP contribution in [0.4, 0.5) is 0 Å². The highest BCUT2D eigenvalue weighted by Gasteiger charge is 2.28. The highest BCUT2D eigenvalue weighted by molar-refractivity contribution is 6.42. The van der Waals surface area contributed by atoms with Gasteiger partial charge in [0, 0.05) is 5.92 Å². The molecule has 0 N–H and O–H groups in total. The number of halogens is 2. The summed E-state index contributed by atoms with van der Waals surface area (Å²) in [4.78, 5) is 3.77. The van der Waals surface area contributed by atoms with Crippen LogP contribution in [0.5, 0.6) is 5.75 Å². The molecule has 1 aliphatic rings. The predicted molar refractivity (Wildman–Crippen MR) is 99.0 cm³/mol. The number of hydrazone groups is 1. The van der Waals surface area contributed by atoms with Crippen molar-refractivity contribution in [1.29, 1.82) is 5.26 Å². The predicted octanol–water partition coefficient (Wildman–Crippen LogP) is 4.57. The summed E-state index contributed by atoms with van der Waals surface area (Å²) in [6, 6.07) is 14.7. The maximum atomic E-state index is 8.97. The molecule has 1 unspecified atom stereocenters. The molecule has 3 rings (SSSR count). The number of hydrogen-bond donors (Lipinski definition) is 0. The summed E-state index contributed by atoms with van der Waals surface area (Å²) >= 11 is 12.1. The van der Waals surface area contributed by atoms with Gasteiger partial charge < -0.3 is 4.74 Å². The van der Waals surface area contributed by atoms with E-state index in [0.29, 0.717) is 22.3 Å². The number of para-hydroxylation sites is 1. The van der Waals surface area contributed by atoms with E-state index in [4.69, 9.17) is 33.2 Å². The molecule has 0 bridgehead atoms. The summed E-state index contributed by atoms with van der Waals surface area (Å²) in [5.41, 5.74) is 1.71. The van der Waals surface area contributed by atoms with Crippen molar-refractivity contribution >= 4 is 34.9 Å². The lowest BCUT2D eigenvalue weighted by atomic mass is 9.99. The van der Waals surface area contributed by atoms with E-state index in [2.05, 4.69) is 10.1 Å². The van der Waals surface area contributed by atoms with Crippen molar-refractivity contribution in [1.82, 2.24) is 5.01 Å². The number of nitrogens with zero attached hydrogens (tertiary/aromatic N) is 4. The van der Waals surface area contributed by atoms with Crippen molar-refractivity contribution in [2.24, 2.45) is 16.0 Å². The molecule has 0 radical (unpaired) electrons. The van der Waals surface area contributed by atoms with Gasteiger partial charge in [0.05, 0.1) is 22.3 Å². The van der Waals surface area contributed by atoms with Gasteiger partial charge in [0.15, 0.2) is 0 Å². The molecule has 0 fully saturated rings. The molecule has 1 aliphatic heterocycles. The highest BCUT2D eigenvalue weighted by atomic mass is 35.5. The van der Waals surface area contributed by atoms with Crippen molar-refractivity contribution in [2.75, 3.05) is 6.54 Å². The molecular formula is C18H14Cl2N4O. The Bertz CT molecular complexity index is 874. The first-order valence-electron chi connectivity index (χ1n) is 7.59. The van der Waals surface area contributed by atoms with Crippen LogP contribution in [0.15, 0.2) is 58.6 Å². The molecule has 2 aromatic rings. The molecule has 1 heterocycles. The van der Waals surface area contributed by atoms with E-state index in [1.165, 1.54) is 0 Å². The maximum Gasteiger partial charge on any atom is 0.329 e. The van der Waals surface area contributed by atoms with Gasteiger partial charge in [0.1, 0.15) is 5.75 Å². The number of benzene rings is 2. The third-order valence-electron chi connectivity index (χ3n) is 3.68. The summed E-state index contributed by atoms with van der Waals surface area (Å²) in [5.74, 6) is 0.697. The van der Waals surface area contributed by atoms with Crippen LogP contribution < -0.4 is 4.74 Å². The number of hydrogen-bond acceptors (Lipinski definition) is 4. The highest BCUT2D eigenvalue weighted by Crippen LogP contribution is 2.27. The lowest BCUT2D eigenvalue weighted by Crippen LogP contribution is -2.30. The Balaban J connectivity index is 1.88. The standard InChI is InChI=1S/C18H14Cl2N4O/c1-12-10-24(18(22-11-21)25-14-5-3-2-4-6-14)23-17(12)13-7-8-15(19)16(20)9-13/h2-9,12H,10H2,1H3/b22-18+. The smallest absolute Gasteiger partial charge is 0.329 e. The summed E-state index contributed by atoms with van der Waals surface area (Å²) in [6.07, 6.45) is 1.76. The van der Waals surface area contributed by atoms with Crippen LogP contribution in [-0.4, -0.2) is 23.3 Å². The Morgan fingerprint density at radius 3 is 2.68 bits per heavy atom. The van der Waals surface area contributed by atoms with Gasteiger partial charge in [-0.15, -0.1) is 4.99 Å². The second kappa shape index (κ2) is 7.56. The van der Waals surface area contributed by atoms with E-state index in [9.17, 15) is 0 Å². The van der Waals surface area contributed by atoms with Crippen molar-refractivity contribution in [2.45, 2.75) is 6.92 Å². The molecule has 0 spiro atoms. The zero-order valence-electron chi connectivity index (χ0n) is 13.4. The van der Waals surface area contributed by atoms with Crippen LogP contribution in [0.1, 0.15) is 12.5 Å². The van der Waals surface area contributed by atoms with Crippen molar-refractivity contribution in [3.8, 4) is 11.9 Å². The van der Waals surface area contributed by atoms with Crippen LogP contribution >= 0.6 is 23.2 Å². The molecule has 5 nitrogen and oxygen atoms in total. The summed E-state index contributed by atoms with van der Waals surface area (Å²) in [7, 11) is 0. The molecule has 0 amide bonds. The van der Waals surface area contributed by atoms with Gasteiger partial charge in [-0.1, -0.05) is 54.4 Å². The van der Waals surface area contributed by atoms with E-state index < -0.39 is 0 Å². The monoisotopic (exact) mass is 372 g/mol. The first-order valence-corrected chi connectivity index (χ1v) is 8.35. The van der Waals surface area contributed by atoms with Crippen LogP contribution in [0.2, 0.25) is 10.0 Å². The molecule has 0 aromatic heterocycles. The van der Waals surface area contributed by atoms with Gasteiger partial charge in [-0.25, -0.2) is 5.01 Å². The largest absolute Gasteiger partial charge is 0.424 e. The molecule has 126 valence electrons. The first kappa shape index (κ1) is 17.3. The minimum absolute atomic E-state index is 0.112. The molecule has 0 aliphatic carbocycles. The Labute approximate surface area is 155 Å². The average Bonchev–Trinajstić information content (AvgIpc) is 3.00. The number of aliphatic imine (C=N–C) groups is 1. The van der Waals surface area contributed by atoms with Gasteiger partial charge in [0.25, 0.3) is 0 Å². The summed E-state index contributed by atoms with van der Waals surface area (Å²) < 4.78 is 5.71. The van der Waals surface area contributed by atoms with Crippen LogP contribution in [-0.2, 0) is 0 Å². The van der Waals surface area contributed by atoms with Crippen LogP contribution in [0.3, 0.4) is 0 Å². The second-order valence-corrected chi connectivity index (χ2v) is 6.32. The minimum atomic E-state index is 0.112. The normalized spacial score (nSPS) is 17.2. The van der Waals surface area contributed by atoms with Crippen molar-refractivity contribution in [3.63, 3.8) is 0 Å². The van der Waals surface area contributed by atoms with Gasteiger partial charge >= 0.3 is 6.02 Å². The fourth-order valence-corrected chi connectivity index (χ4v) is 2.80. The quantitative estimate of drug-likeness (QED) is 0.440. The average molecular weight is 373 g/mol. The van der Waals surface area contributed by atoms with Gasteiger partial charge in [-0.05, 0) is 29.8 Å². The van der Waals surface area contributed by atoms with Crippen molar-refractivity contribution in [3.05, 3.63) is 64.1 Å². The molecular weight excluding hydrogens is 359 g/mol. The van der Waals surface area contributed by atoms with Gasteiger partial charge in [0.2, 0.25) is 6.19 Å². The molecule has 1 atom stereocenters. The Hall–Kier alpha value is -2.55. The third-order valence-corrected chi connectivity index (χ3v) is 4.42. The van der Waals surface area contributed by atoms with E-state index in [-0.39, 0.29) is 11.9 Å². The lowest BCUT2D eigenvalue weighted by Gasteiger charge is -2.15. The zero-order valence-corrected chi connectivity index (χ0v) is 14.9. The van der Waals surface area contributed by atoms with Crippen molar-refractivity contribution < 1.29 is 4.74 Å². The van der Waals surface area contributed by atoms with E-state index in [0.717, 1.165) is 11.3 Å². The Morgan fingerprint density at radius 2 is 2.00 bits per heavy atom. The third kappa shape index (κ3) is 3.93. The Morgan fingerprint density at radius 1 is 1.24 bits per heavy atom. The Kier molecular flexibility index (Phi) is 5.22. The molecule has 25 heavy (non-hydrogen) atoms. The summed E-state index contributed by atoms with van der Waals surface area (Å²) in [6.45, 7) is 2.58. The van der Waals surface area contributed by atoms with Crippen LogP contribution in [0, 0.1) is 17.4 Å². The molecule has 0 saturated carbocycles. The molecule has 0 saturated heterocycles. The fraction of sp³-hybridized carbons (Fsp3) is 0.167. The maximum absolute atomic E-state index is 8.97. The van der Waals surface area contributed by atoms with Gasteiger partial charge in [-0.2, -0.15) is 10.4 Å². The lowest BCUT2D eigenvalue weighted by molar-refractivity contribution is 0.361. The zero-order chi connectivity index (χ0) is 17.8. The number of amidine groups is 1. The number of nitriles is 1. The van der Waals surface area contributed by atoms with E-state index >= 15 is 0 Å². The molecule has 2 aromatic carbocycles. The summed E-state index contributed by atoms with van der Waals surface area (Å²) in [5, 5.41) is 16.1. The van der Waals surface area contributed by atoms with E-state index in [1.807, 2.05) is 31.2 Å². The van der Waals surface area contributed by atoms with E-state index in [1.54, 1.807) is 35.5 Å². The minimum Gasteiger partial charge on any atom is -0.424 e. The van der Waals surface area contributed by atoms with Crippen LogP contribution in [0.25, 0.3) is 0 Å². The first-order chi connectivity index (χ1) is 12.1. The second-order valence-electron chi connectivity index (χ2n) is 5.51. The molecule has 7 heteroatoms. The SMILES string of the molecule is CC1CN(/C(=N\C#N)Oc2ccccc2)N=C1c1ccc(Cl)c(Cl)c1.